The molecule has 0 bridgehead atoms. The molecule has 2 fully saturated rings. The Morgan fingerprint density at radius 3 is 2.41 bits per heavy atom. The van der Waals surface area contributed by atoms with Gasteiger partial charge in [-0.15, -0.1) is 0 Å². The Labute approximate surface area is 136 Å². The predicted molar refractivity (Wildman–Crippen MR) is 89.4 cm³/mol. The Morgan fingerprint density at radius 1 is 1.14 bits per heavy atom. The van der Waals surface area contributed by atoms with Crippen molar-refractivity contribution in [2.24, 2.45) is 0 Å². The van der Waals surface area contributed by atoms with Gasteiger partial charge in [0.1, 0.15) is 5.78 Å². The van der Waals surface area contributed by atoms with E-state index in [0.717, 1.165) is 32.3 Å². The first kappa shape index (κ1) is 18.1. The van der Waals surface area contributed by atoms with E-state index in [2.05, 4.69) is 33.9 Å². The van der Waals surface area contributed by atoms with E-state index < -0.39 is 8.32 Å². The van der Waals surface area contributed by atoms with Gasteiger partial charge in [-0.3, -0.25) is 4.79 Å². The van der Waals surface area contributed by atoms with Gasteiger partial charge in [0.2, 0.25) is 0 Å². The lowest BCUT2D eigenvalue weighted by atomic mass is 9.94. The van der Waals surface area contributed by atoms with Crippen molar-refractivity contribution in [3.63, 3.8) is 0 Å². The molecule has 22 heavy (non-hydrogen) atoms. The van der Waals surface area contributed by atoms with Gasteiger partial charge in [0, 0.05) is 19.4 Å². The maximum atomic E-state index is 12.1. The molecular weight excluding hydrogens is 296 g/mol. The topological polar surface area (TPSA) is 44.8 Å². The molecular formula is C17H32O4Si. The summed E-state index contributed by atoms with van der Waals surface area (Å²) in [6.45, 7) is 11.9. The summed E-state index contributed by atoms with van der Waals surface area (Å²) in [6.07, 6.45) is 4.91. The van der Waals surface area contributed by atoms with E-state index in [4.69, 9.17) is 13.9 Å². The van der Waals surface area contributed by atoms with Crippen molar-refractivity contribution in [1.29, 1.82) is 0 Å². The largest absolute Gasteiger partial charge is 0.413 e. The molecule has 128 valence electrons. The van der Waals surface area contributed by atoms with Gasteiger partial charge in [-0.05, 0) is 43.8 Å². The second kappa shape index (κ2) is 7.12. The van der Waals surface area contributed by atoms with Crippen LogP contribution in [0.3, 0.4) is 0 Å². The summed E-state index contributed by atoms with van der Waals surface area (Å²) in [7, 11) is -1.84. The van der Waals surface area contributed by atoms with Crippen molar-refractivity contribution in [2.45, 2.75) is 95.9 Å². The number of ketones is 1. The van der Waals surface area contributed by atoms with Crippen molar-refractivity contribution in [1.82, 2.24) is 0 Å². The summed E-state index contributed by atoms with van der Waals surface area (Å²) in [4.78, 5) is 12.1. The minimum absolute atomic E-state index is 0.00994. The summed E-state index contributed by atoms with van der Waals surface area (Å²) < 4.78 is 18.1. The third-order valence-corrected chi connectivity index (χ3v) is 9.72. The van der Waals surface area contributed by atoms with E-state index in [-0.39, 0.29) is 29.3 Å². The SMILES string of the molecule is CC(C)(C)[Si](C)(C)OC1CC(=O)CC(OC2CCCCO2)C1. The maximum Gasteiger partial charge on any atom is 0.192 e. The molecule has 0 aromatic carbocycles. The quantitative estimate of drug-likeness (QED) is 0.731. The Balaban J connectivity index is 1.91. The van der Waals surface area contributed by atoms with E-state index in [1.807, 2.05) is 0 Å². The van der Waals surface area contributed by atoms with Crippen LogP contribution in [0.4, 0.5) is 0 Å². The van der Waals surface area contributed by atoms with Crippen LogP contribution < -0.4 is 0 Å². The first-order valence-electron chi connectivity index (χ1n) is 8.64. The molecule has 1 heterocycles. The lowest BCUT2D eigenvalue weighted by Gasteiger charge is -2.41. The molecule has 0 spiro atoms. The number of carbonyl (C=O) groups is 1. The van der Waals surface area contributed by atoms with E-state index in [1.54, 1.807) is 0 Å². The Kier molecular flexibility index (Phi) is 5.86. The van der Waals surface area contributed by atoms with Crippen LogP contribution in [0.5, 0.6) is 0 Å². The van der Waals surface area contributed by atoms with Gasteiger partial charge in [0.15, 0.2) is 14.6 Å². The minimum Gasteiger partial charge on any atom is -0.413 e. The van der Waals surface area contributed by atoms with Gasteiger partial charge >= 0.3 is 0 Å². The van der Waals surface area contributed by atoms with Crippen LogP contribution in [0.25, 0.3) is 0 Å². The summed E-state index contributed by atoms with van der Waals surface area (Å²) in [5.41, 5.74) is 0. The summed E-state index contributed by atoms with van der Waals surface area (Å²) in [5.74, 6) is 0.260. The fourth-order valence-corrected chi connectivity index (χ4v) is 4.24. The zero-order chi connectivity index (χ0) is 16.4. The zero-order valence-electron chi connectivity index (χ0n) is 14.8. The van der Waals surface area contributed by atoms with Crippen LogP contribution in [0, 0.1) is 0 Å². The molecule has 1 aliphatic carbocycles. The fourth-order valence-electron chi connectivity index (χ4n) is 2.87. The number of ether oxygens (including phenoxy) is 2. The highest BCUT2D eigenvalue weighted by molar-refractivity contribution is 6.74. The Morgan fingerprint density at radius 2 is 1.82 bits per heavy atom. The molecule has 0 aromatic rings. The number of hydrogen-bond acceptors (Lipinski definition) is 4. The lowest BCUT2D eigenvalue weighted by molar-refractivity contribution is -0.197. The van der Waals surface area contributed by atoms with Crippen molar-refractivity contribution in [2.75, 3.05) is 6.61 Å². The average Bonchev–Trinajstić information content (AvgIpc) is 2.37. The van der Waals surface area contributed by atoms with Gasteiger partial charge in [-0.2, -0.15) is 0 Å². The van der Waals surface area contributed by atoms with Crippen LogP contribution in [-0.2, 0) is 18.7 Å². The second-order valence-corrected chi connectivity index (χ2v) is 13.0. The Hall–Kier alpha value is -0.233. The molecule has 0 N–H and O–H groups in total. The first-order valence-corrected chi connectivity index (χ1v) is 11.5. The minimum atomic E-state index is -1.84. The molecule has 3 unspecified atom stereocenters. The Bertz CT molecular complexity index is 383. The molecule has 0 radical (unpaired) electrons. The average molecular weight is 329 g/mol. The van der Waals surface area contributed by atoms with Crippen molar-refractivity contribution in [3.05, 3.63) is 0 Å². The van der Waals surface area contributed by atoms with Gasteiger partial charge in [0.05, 0.1) is 12.2 Å². The van der Waals surface area contributed by atoms with Crippen LogP contribution in [0.2, 0.25) is 18.1 Å². The number of hydrogen-bond donors (Lipinski definition) is 0. The third-order valence-electron chi connectivity index (χ3n) is 5.19. The standard InChI is InChI=1S/C17H32O4Si/c1-17(2,3)22(4,5)21-15-11-13(18)10-14(12-15)20-16-8-6-7-9-19-16/h14-16H,6-12H2,1-5H3. The van der Waals surface area contributed by atoms with E-state index in [9.17, 15) is 4.79 Å². The predicted octanol–water partition coefficient (Wildman–Crippen LogP) is 4.04. The van der Waals surface area contributed by atoms with E-state index in [0.29, 0.717) is 12.8 Å². The van der Waals surface area contributed by atoms with Crippen molar-refractivity contribution >= 4 is 14.1 Å². The highest BCUT2D eigenvalue weighted by Gasteiger charge is 2.41. The molecule has 2 aliphatic rings. The second-order valence-electron chi connectivity index (χ2n) is 8.24. The van der Waals surface area contributed by atoms with Gasteiger partial charge < -0.3 is 13.9 Å². The first-order chi connectivity index (χ1) is 10.2. The van der Waals surface area contributed by atoms with Crippen molar-refractivity contribution < 1.29 is 18.7 Å². The molecule has 1 saturated carbocycles. The molecule has 3 atom stereocenters. The van der Waals surface area contributed by atoms with Crippen LogP contribution in [0.15, 0.2) is 0 Å². The number of Topliss-reactive ketones (excluding diaryl/α,β-unsaturated/α-hetero) is 1. The van der Waals surface area contributed by atoms with E-state index in [1.165, 1.54) is 0 Å². The smallest absolute Gasteiger partial charge is 0.192 e. The highest BCUT2D eigenvalue weighted by Crippen LogP contribution is 2.39. The van der Waals surface area contributed by atoms with Gasteiger partial charge in [-0.1, -0.05) is 20.8 Å². The molecule has 4 nitrogen and oxygen atoms in total. The molecule has 0 aromatic heterocycles. The summed E-state index contributed by atoms with van der Waals surface area (Å²) >= 11 is 0. The monoisotopic (exact) mass is 328 g/mol. The van der Waals surface area contributed by atoms with Crippen LogP contribution in [-0.4, -0.2) is 39.2 Å². The lowest BCUT2D eigenvalue weighted by Crippen LogP contribution is -2.47. The van der Waals surface area contributed by atoms with Gasteiger partial charge in [-0.25, -0.2) is 0 Å². The van der Waals surface area contributed by atoms with Gasteiger partial charge in [0.25, 0.3) is 0 Å². The normalized spacial score (nSPS) is 31.3. The van der Waals surface area contributed by atoms with Crippen LogP contribution >= 0.6 is 0 Å². The fraction of sp³-hybridized carbons (Fsp3) is 0.941. The molecule has 1 saturated heterocycles. The molecule has 2 rings (SSSR count). The summed E-state index contributed by atoms with van der Waals surface area (Å²) in [5, 5.41) is 0.163. The van der Waals surface area contributed by atoms with E-state index >= 15 is 0 Å². The number of carbonyl (C=O) groups excluding carboxylic acids is 1. The maximum absolute atomic E-state index is 12.1. The molecule has 0 amide bonds. The molecule has 1 aliphatic heterocycles. The third kappa shape index (κ3) is 4.88. The highest BCUT2D eigenvalue weighted by atomic mass is 28.4. The molecule has 5 heteroatoms. The number of rotatable bonds is 4. The summed E-state index contributed by atoms with van der Waals surface area (Å²) in [6, 6.07) is 0. The van der Waals surface area contributed by atoms with Crippen molar-refractivity contribution in [3.8, 4) is 0 Å². The van der Waals surface area contributed by atoms with Crippen LogP contribution in [0.1, 0.15) is 59.3 Å². The zero-order valence-corrected chi connectivity index (χ0v) is 15.8.